The highest BCUT2D eigenvalue weighted by molar-refractivity contribution is 6.21. The molecule has 0 saturated carbocycles. The molecular formula is C24H29N3O5. The Kier molecular flexibility index (Phi) is 8.08. The first-order valence-corrected chi connectivity index (χ1v) is 10.9. The summed E-state index contributed by atoms with van der Waals surface area (Å²) in [5, 5.41) is 5.57. The molecule has 170 valence electrons. The van der Waals surface area contributed by atoms with Crippen LogP contribution in [0.4, 0.5) is 4.79 Å². The maximum atomic E-state index is 12.3. The molecule has 1 aliphatic heterocycles. The summed E-state index contributed by atoms with van der Waals surface area (Å²) in [5.41, 5.74) is 1.90. The third kappa shape index (κ3) is 5.57. The summed E-state index contributed by atoms with van der Waals surface area (Å²) in [7, 11) is 0. The van der Waals surface area contributed by atoms with Crippen LogP contribution >= 0.6 is 0 Å². The molecule has 4 amide bonds. The number of imide groups is 1. The predicted molar refractivity (Wildman–Crippen MR) is 120 cm³/mol. The minimum absolute atomic E-state index is 0.263. The minimum atomic E-state index is -0.289. The van der Waals surface area contributed by atoms with Crippen LogP contribution in [0.5, 0.6) is 11.5 Å². The Morgan fingerprint density at radius 2 is 1.50 bits per heavy atom. The smallest absolute Gasteiger partial charge is 0.314 e. The van der Waals surface area contributed by atoms with E-state index in [-0.39, 0.29) is 24.4 Å². The number of rotatable bonds is 11. The lowest BCUT2D eigenvalue weighted by molar-refractivity contribution is 0.0653. The number of nitrogens with one attached hydrogen (secondary N) is 2. The number of hydrogen-bond donors (Lipinski definition) is 2. The topological polar surface area (TPSA) is 97.0 Å². The van der Waals surface area contributed by atoms with Gasteiger partial charge in [-0.25, -0.2) is 4.79 Å². The van der Waals surface area contributed by atoms with Crippen molar-refractivity contribution in [2.75, 3.05) is 32.8 Å². The molecule has 1 heterocycles. The van der Waals surface area contributed by atoms with E-state index in [2.05, 4.69) is 10.6 Å². The third-order valence-electron chi connectivity index (χ3n) is 5.03. The molecule has 0 radical (unpaired) electrons. The Balaban J connectivity index is 1.37. The molecule has 0 fully saturated rings. The van der Waals surface area contributed by atoms with Gasteiger partial charge < -0.3 is 20.1 Å². The number of fused-ring (bicyclic) bond motifs is 1. The first kappa shape index (κ1) is 23.1. The summed E-state index contributed by atoms with van der Waals surface area (Å²) in [4.78, 5) is 37.9. The van der Waals surface area contributed by atoms with Gasteiger partial charge in [0.15, 0.2) is 11.5 Å². The molecular weight excluding hydrogens is 410 g/mol. The maximum Gasteiger partial charge on any atom is 0.314 e. The van der Waals surface area contributed by atoms with Gasteiger partial charge in [0.25, 0.3) is 11.8 Å². The second-order valence-corrected chi connectivity index (χ2v) is 7.24. The van der Waals surface area contributed by atoms with Gasteiger partial charge in [0, 0.05) is 19.6 Å². The molecule has 3 rings (SSSR count). The molecule has 2 N–H and O–H groups in total. The van der Waals surface area contributed by atoms with Gasteiger partial charge in [0.1, 0.15) is 0 Å². The Labute approximate surface area is 187 Å². The summed E-state index contributed by atoms with van der Waals surface area (Å²) in [5.74, 6) is 0.847. The molecule has 2 aromatic carbocycles. The minimum Gasteiger partial charge on any atom is -0.490 e. The molecule has 8 heteroatoms. The molecule has 2 aromatic rings. The second-order valence-electron chi connectivity index (χ2n) is 7.24. The molecule has 0 bridgehead atoms. The van der Waals surface area contributed by atoms with Crippen molar-refractivity contribution in [3.8, 4) is 11.5 Å². The van der Waals surface area contributed by atoms with Crippen molar-refractivity contribution in [2.24, 2.45) is 0 Å². The second kappa shape index (κ2) is 11.2. The highest BCUT2D eigenvalue weighted by atomic mass is 16.5. The van der Waals surface area contributed by atoms with Gasteiger partial charge in [0.2, 0.25) is 0 Å². The van der Waals surface area contributed by atoms with E-state index in [0.717, 1.165) is 5.56 Å². The number of ether oxygens (including phenoxy) is 2. The van der Waals surface area contributed by atoms with Crippen molar-refractivity contribution in [1.82, 2.24) is 15.5 Å². The van der Waals surface area contributed by atoms with Crippen LogP contribution in [-0.2, 0) is 6.42 Å². The highest BCUT2D eigenvalue weighted by Gasteiger charge is 2.34. The fourth-order valence-corrected chi connectivity index (χ4v) is 3.52. The number of nitrogens with zero attached hydrogens (tertiary/aromatic N) is 1. The zero-order valence-corrected chi connectivity index (χ0v) is 18.5. The van der Waals surface area contributed by atoms with Crippen molar-refractivity contribution in [1.29, 1.82) is 0 Å². The highest BCUT2D eigenvalue weighted by Crippen LogP contribution is 2.28. The molecule has 8 nitrogen and oxygen atoms in total. The number of hydrogen-bond acceptors (Lipinski definition) is 5. The van der Waals surface area contributed by atoms with Crippen LogP contribution in [0.1, 0.15) is 46.5 Å². The molecule has 1 aliphatic rings. The number of urea groups is 1. The van der Waals surface area contributed by atoms with E-state index < -0.39 is 0 Å². The van der Waals surface area contributed by atoms with Gasteiger partial charge in [-0.3, -0.25) is 14.5 Å². The SMILES string of the molecule is CCOc1ccc(CCNC(=O)NCCCN2C(=O)c3ccccc3C2=O)cc1OCC. The van der Waals surface area contributed by atoms with E-state index in [1.165, 1.54) is 4.90 Å². The molecule has 0 aromatic heterocycles. The van der Waals surface area contributed by atoms with Gasteiger partial charge in [-0.15, -0.1) is 0 Å². The van der Waals surface area contributed by atoms with Crippen molar-refractivity contribution >= 4 is 17.8 Å². The lowest BCUT2D eigenvalue weighted by Gasteiger charge is -2.14. The van der Waals surface area contributed by atoms with E-state index in [1.54, 1.807) is 24.3 Å². The van der Waals surface area contributed by atoms with Crippen LogP contribution < -0.4 is 20.1 Å². The van der Waals surface area contributed by atoms with Crippen LogP contribution in [0, 0.1) is 0 Å². The van der Waals surface area contributed by atoms with Crippen molar-refractivity contribution in [3.63, 3.8) is 0 Å². The molecule has 0 saturated heterocycles. The van der Waals surface area contributed by atoms with Crippen LogP contribution in [0.25, 0.3) is 0 Å². The van der Waals surface area contributed by atoms with Crippen molar-refractivity contribution < 1.29 is 23.9 Å². The van der Waals surface area contributed by atoms with E-state index in [9.17, 15) is 14.4 Å². The van der Waals surface area contributed by atoms with E-state index in [0.29, 0.717) is 61.8 Å². The average Bonchev–Trinajstić information content (AvgIpc) is 3.03. The normalized spacial score (nSPS) is 12.5. The van der Waals surface area contributed by atoms with Crippen LogP contribution in [0.3, 0.4) is 0 Å². The first-order valence-electron chi connectivity index (χ1n) is 10.9. The van der Waals surface area contributed by atoms with Crippen LogP contribution in [0.15, 0.2) is 42.5 Å². The van der Waals surface area contributed by atoms with Crippen molar-refractivity contribution in [2.45, 2.75) is 26.7 Å². The fourth-order valence-electron chi connectivity index (χ4n) is 3.52. The Bertz CT molecular complexity index is 941. The number of carbonyl (C=O) groups is 3. The number of carbonyl (C=O) groups excluding carboxylic acids is 3. The molecule has 0 atom stereocenters. The van der Waals surface area contributed by atoms with E-state index in [4.69, 9.17) is 9.47 Å². The first-order chi connectivity index (χ1) is 15.5. The zero-order valence-electron chi connectivity index (χ0n) is 18.5. The summed E-state index contributed by atoms with van der Waals surface area (Å²) in [6, 6.07) is 12.3. The molecule has 0 aliphatic carbocycles. The largest absolute Gasteiger partial charge is 0.490 e. The van der Waals surface area contributed by atoms with Crippen molar-refractivity contribution in [3.05, 3.63) is 59.2 Å². The lowest BCUT2D eigenvalue weighted by atomic mass is 10.1. The number of amides is 4. The zero-order chi connectivity index (χ0) is 22.9. The van der Waals surface area contributed by atoms with E-state index in [1.807, 2.05) is 32.0 Å². The summed E-state index contributed by atoms with van der Waals surface area (Å²) in [6.45, 7) is 6.04. The average molecular weight is 440 g/mol. The molecule has 0 spiro atoms. The maximum absolute atomic E-state index is 12.3. The van der Waals surface area contributed by atoms with Gasteiger partial charge >= 0.3 is 6.03 Å². The monoisotopic (exact) mass is 439 g/mol. The quantitative estimate of drug-likeness (QED) is 0.414. The van der Waals surface area contributed by atoms with Gasteiger partial charge in [-0.1, -0.05) is 18.2 Å². The summed E-state index contributed by atoms with van der Waals surface area (Å²) < 4.78 is 11.2. The Morgan fingerprint density at radius 3 is 2.16 bits per heavy atom. The Morgan fingerprint density at radius 1 is 0.875 bits per heavy atom. The molecule has 0 unspecified atom stereocenters. The van der Waals surface area contributed by atoms with Crippen LogP contribution in [0.2, 0.25) is 0 Å². The number of benzene rings is 2. The fraction of sp³-hybridized carbons (Fsp3) is 0.375. The lowest BCUT2D eigenvalue weighted by Crippen LogP contribution is -2.38. The summed E-state index contributed by atoms with van der Waals surface area (Å²) >= 11 is 0. The summed E-state index contributed by atoms with van der Waals surface area (Å²) in [6.07, 6.45) is 1.13. The van der Waals surface area contributed by atoms with E-state index >= 15 is 0 Å². The van der Waals surface area contributed by atoms with Gasteiger partial charge in [-0.05, 0) is 56.5 Å². The molecule has 32 heavy (non-hydrogen) atoms. The van der Waals surface area contributed by atoms with Crippen LogP contribution in [-0.4, -0.2) is 55.6 Å². The standard InChI is InChI=1S/C24H29N3O5/c1-3-31-20-11-10-17(16-21(20)32-4-2)12-14-26-24(30)25-13-7-15-27-22(28)18-8-5-6-9-19(18)23(27)29/h5-6,8-11,16H,3-4,7,12-15H2,1-2H3,(H2,25,26,30). The predicted octanol–water partition coefficient (Wildman–Crippen LogP) is 3.01. The third-order valence-corrected chi connectivity index (χ3v) is 5.03. The van der Waals surface area contributed by atoms with Gasteiger partial charge in [-0.2, -0.15) is 0 Å². The van der Waals surface area contributed by atoms with Gasteiger partial charge in [0.05, 0.1) is 24.3 Å². The Hall–Kier alpha value is -3.55.